The summed E-state index contributed by atoms with van der Waals surface area (Å²) in [6, 6.07) is 1.88. The summed E-state index contributed by atoms with van der Waals surface area (Å²) in [7, 11) is -3.26. The molecule has 1 rings (SSSR count). The molecule has 0 spiro atoms. The second-order valence-corrected chi connectivity index (χ2v) is 8.14. The van der Waals surface area contributed by atoms with Gasteiger partial charge in [-0.15, -0.1) is 0 Å². The molecule has 1 aliphatic rings. The number of nitriles is 1. The highest BCUT2D eigenvalue weighted by molar-refractivity contribution is 7.89. The summed E-state index contributed by atoms with van der Waals surface area (Å²) in [5.74, 6) is 1.40. The predicted octanol–water partition coefficient (Wildman–Crippen LogP) is 1.58. The van der Waals surface area contributed by atoms with Crippen molar-refractivity contribution >= 4 is 10.0 Å². The van der Waals surface area contributed by atoms with E-state index in [9.17, 15) is 8.42 Å². The van der Waals surface area contributed by atoms with E-state index < -0.39 is 10.0 Å². The largest absolute Gasteiger partial charge is 0.301 e. The third-order valence-electron chi connectivity index (χ3n) is 3.56. The molecule has 0 radical (unpaired) electrons. The van der Waals surface area contributed by atoms with E-state index in [2.05, 4.69) is 23.5 Å². The summed E-state index contributed by atoms with van der Waals surface area (Å²) >= 11 is 0. The van der Waals surface area contributed by atoms with Crippen molar-refractivity contribution in [3.8, 4) is 6.07 Å². The van der Waals surface area contributed by atoms with E-state index in [0.717, 1.165) is 19.6 Å². The summed E-state index contributed by atoms with van der Waals surface area (Å²) < 4.78 is 26.4. The fourth-order valence-electron chi connectivity index (χ4n) is 3.07. The van der Waals surface area contributed by atoms with Crippen molar-refractivity contribution in [3.05, 3.63) is 0 Å². The fourth-order valence-corrected chi connectivity index (χ4v) is 4.40. The molecular weight excluding hydrogens is 274 g/mol. The molecule has 20 heavy (non-hydrogen) atoms. The van der Waals surface area contributed by atoms with Gasteiger partial charge in [0.25, 0.3) is 0 Å². The molecule has 0 amide bonds. The Labute approximate surface area is 123 Å². The zero-order valence-electron chi connectivity index (χ0n) is 12.8. The van der Waals surface area contributed by atoms with E-state index in [1.807, 2.05) is 13.0 Å². The Morgan fingerprint density at radius 2 is 1.95 bits per heavy atom. The van der Waals surface area contributed by atoms with E-state index in [-0.39, 0.29) is 18.2 Å². The van der Waals surface area contributed by atoms with Crippen LogP contribution in [0, 0.1) is 23.2 Å². The highest BCUT2D eigenvalue weighted by Crippen LogP contribution is 2.20. The number of nitrogens with zero attached hydrogens (tertiary/aromatic N) is 2. The standard InChI is InChI=1S/C14H27N3O2S/c1-12-8-13(2)10-17(9-12)11-14(3)16-20(18,19)7-5-4-6-15/h12-14,16H,4-5,7-11H2,1-3H3/t12-,13-,14+/m0/s1. The van der Waals surface area contributed by atoms with Crippen LogP contribution in [0.25, 0.3) is 0 Å². The van der Waals surface area contributed by atoms with Crippen molar-refractivity contribution in [2.75, 3.05) is 25.4 Å². The molecule has 0 saturated carbocycles. The minimum atomic E-state index is -3.26. The van der Waals surface area contributed by atoms with Gasteiger partial charge in [-0.1, -0.05) is 13.8 Å². The average Bonchev–Trinajstić information content (AvgIpc) is 2.26. The van der Waals surface area contributed by atoms with Crippen LogP contribution >= 0.6 is 0 Å². The van der Waals surface area contributed by atoms with Crippen LogP contribution in [-0.2, 0) is 10.0 Å². The van der Waals surface area contributed by atoms with Crippen LogP contribution in [0.3, 0.4) is 0 Å². The molecule has 3 atom stereocenters. The van der Waals surface area contributed by atoms with Gasteiger partial charge in [-0.25, -0.2) is 13.1 Å². The Hall–Kier alpha value is -0.640. The minimum Gasteiger partial charge on any atom is -0.301 e. The molecule has 1 saturated heterocycles. The van der Waals surface area contributed by atoms with Crippen molar-refractivity contribution < 1.29 is 8.42 Å². The number of unbranched alkanes of at least 4 members (excludes halogenated alkanes) is 1. The summed E-state index contributed by atoms with van der Waals surface area (Å²) in [5.41, 5.74) is 0. The second-order valence-electron chi connectivity index (χ2n) is 6.26. The summed E-state index contributed by atoms with van der Waals surface area (Å²) in [4.78, 5) is 2.35. The van der Waals surface area contributed by atoms with Crippen LogP contribution in [0.4, 0.5) is 0 Å². The van der Waals surface area contributed by atoms with E-state index in [4.69, 9.17) is 5.26 Å². The van der Waals surface area contributed by atoms with Crippen LogP contribution in [0.15, 0.2) is 0 Å². The number of piperidine rings is 1. The first-order valence-corrected chi connectivity index (χ1v) is 9.07. The topological polar surface area (TPSA) is 73.2 Å². The Morgan fingerprint density at radius 1 is 1.35 bits per heavy atom. The summed E-state index contributed by atoms with van der Waals surface area (Å²) in [6.45, 7) is 9.26. The fraction of sp³-hybridized carbons (Fsp3) is 0.929. The number of hydrogen-bond donors (Lipinski definition) is 1. The lowest BCUT2D eigenvalue weighted by molar-refractivity contribution is 0.134. The van der Waals surface area contributed by atoms with Gasteiger partial charge in [0.05, 0.1) is 11.8 Å². The molecular formula is C14H27N3O2S. The number of nitrogens with one attached hydrogen (secondary N) is 1. The molecule has 1 heterocycles. The first-order valence-electron chi connectivity index (χ1n) is 7.41. The predicted molar refractivity (Wildman–Crippen MR) is 80.6 cm³/mol. The highest BCUT2D eigenvalue weighted by Gasteiger charge is 2.24. The Balaban J connectivity index is 2.39. The van der Waals surface area contributed by atoms with Crippen molar-refractivity contribution in [2.45, 2.75) is 46.1 Å². The van der Waals surface area contributed by atoms with Gasteiger partial charge < -0.3 is 4.90 Å². The Morgan fingerprint density at radius 3 is 2.50 bits per heavy atom. The van der Waals surface area contributed by atoms with Crippen molar-refractivity contribution in [2.24, 2.45) is 11.8 Å². The minimum absolute atomic E-state index is 0.0394. The lowest BCUT2D eigenvalue weighted by Gasteiger charge is -2.36. The maximum absolute atomic E-state index is 11.8. The number of sulfonamides is 1. The molecule has 6 heteroatoms. The van der Waals surface area contributed by atoms with Gasteiger partial charge >= 0.3 is 0 Å². The van der Waals surface area contributed by atoms with Gasteiger partial charge in [0.1, 0.15) is 0 Å². The van der Waals surface area contributed by atoms with Crippen molar-refractivity contribution in [1.29, 1.82) is 5.26 Å². The van der Waals surface area contributed by atoms with Gasteiger partial charge in [-0.3, -0.25) is 0 Å². The molecule has 116 valence electrons. The SMILES string of the molecule is C[C@H]1C[C@H](C)CN(C[C@@H](C)NS(=O)(=O)CCCC#N)C1. The monoisotopic (exact) mass is 301 g/mol. The van der Waals surface area contributed by atoms with Gasteiger partial charge in [0.15, 0.2) is 0 Å². The van der Waals surface area contributed by atoms with Crippen LogP contribution in [0.2, 0.25) is 0 Å². The quantitative estimate of drug-likeness (QED) is 0.725. The summed E-state index contributed by atoms with van der Waals surface area (Å²) in [5, 5.41) is 8.44. The first kappa shape index (κ1) is 17.4. The van der Waals surface area contributed by atoms with Crippen molar-refractivity contribution in [1.82, 2.24) is 9.62 Å². The van der Waals surface area contributed by atoms with Gasteiger partial charge in [0, 0.05) is 32.1 Å². The Kier molecular flexibility index (Phi) is 6.93. The van der Waals surface area contributed by atoms with E-state index >= 15 is 0 Å². The molecule has 0 aliphatic carbocycles. The molecule has 1 N–H and O–H groups in total. The van der Waals surface area contributed by atoms with Crippen molar-refractivity contribution in [3.63, 3.8) is 0 Å². The maximum Gasteiger partial charge on any atom is 0.211 e. The van der Waals surface area contributed by atoms with E-state index in [1.54, 1.807) is 0 Å². The molecule has 1 aliphatic heterocycles. The lowest BCUT2D eigenvalue weighted by Crippen LogP contribution is -2.47. The zero-order valence-corrected chi connectivity index (χ0v) is 13.6. The van der Waals surface area contributed by atoms with Crippen LogP contribution < -0.4 is 4.72 Å². The molecule has 0 aromatic carbocycles. The number of likely N-dealkylation sites (tertiary alicyclic amines) is 1. The van der Waals surface area contributed by atoms with Gasteiger partial charge in [-0.2, -0.15) is 5.26 Å². The molecule has 0 unspecified atom stereocenters. The molecule has 0 aromatic rings. The number of rotatable bonds is 7. The molecule has 0 aromatic heterocycles. The maximum atomic E-state index is 11.8. The van der Waals surface area contributed by atoms with Gasteiger partial charge in [0.2, 0.25) is 10.0 Å². The van der Waals surface area contributed by atoms with Crippen LogP contribution in [0.5, 0.6) is 0 Å². The van der Waals surface area contributed by atoms with Gasteiger partial charge in [-0.05, 0) is 31.6 Å². The Bertz CT molecular complexity index is 420. The van der Waals surface area contributed by atoms with E-state index in [0.29, 0.717) is 18.3 Å². The second kappa shape index (κ2) is 7.96. The smallest absolute Gasteiger partial charge is 0.211 e. The molecule has 5 nitrogen and oxygen atoms in total. The normalized spacial score (nSPS) is 26.1. The van der Waals surface area contributed by atoms with E-state index in [1.165, 1.54) is 6.42 Å². The van der Waals surface area contributed by atoms with Crippen LogP contribution in [-0.4, -0.2) is 44.7 Å². The summed E-state index contributed by atoms with van der Waals surface area (Å²) in [6.07, 6.45) is 1.94. The average molecular weight is 301 g/mol. The highest BCUT2D eigenvalue weighted by atomic mass is 32.2. The molecule has 1 fully saturated rings. The number of hydrogen-bond acceptors (Lipinski definition) is 4. The third kappa shape index (κ3) is 6.69. The lowest BCUT2D eigenvalue weighted by atomic mass is 9.92. The molecule has 0 bridgehead atoms. The first-order chi connectivity index (χ1) is 9.32. The zero-order chi connectivity index (χ0) is 15.2. The third-order valence-corrected chi connectivity index (χ3v) is 5.15. The van der Waals surface area contributed by atoms with Crippen LogP contribution in [0.1, 0.15) is 40.0 Å².